The third-order valence-electron chi connectivity index (χ3n) is 0.682. The molecule has 1 unspecified atom stereocenters. The Morgan fingerprint density at radius 3 is 2.00 bits per heavy atom. The van der Waals surface area contributed by atoms with E-state index in [1.54, 1.807) is 19.1 Å². The first kappa shape index (κ1) is 12.1. The Morgan fingerprint density at radius 2 is 2.00 bits per heavy atom. The predicted octanol–water partition coefficient (Wildman–Crippen LogP) is 1.11. The van der Waals surface area contributed by atoms with Crippen molar-refractivity contribution in [3.8, 4) is 0 Å². The Balaban J connectivity index is 0. The van der Waals surface area contributed by atoms with Crippen LogP contribution >= 0.6 is 0 Å². The SMILES string of the molecule is C/C=C/CO.C=CC(C)O. The van der Waals surface area contributed by atoms with Crippen LogP contribution in [0.4, 0.5) is 0 Å². The fraction of sp³-hybridized carbons (Fsp3) is 0.500. The molecule has 0 aliphatic heterocycles. The third kappa shape index (κ3) is 26.2. The fourth-order valence-corrected chi connectivity index (χ4v) is 0.105. The van der Waals surface area contributed by atoms with Crippen molar-refractivity contribution >= 4 is 0 Å². The highest BCUT2D eigenvalue weighted by molar-refractivity contribution is 4.74. The van der Waals surface area contributed by atoms with Crippen LogP contribution < -0.4 is 0 Å². The maximum Gasteiger partial charge on any atom is 0.0690 e. The summed E-state index contributed by atoms with van der Waals surface area (Å²) < 4.78 is 0. The van der Waals surface area contributed by atoms with Crippen molar-refractivity contribution in [1.29, 1.82) is 0 Å². The highest BCUT2D eigenvalue weighted by atomic mass is 16.3. The summed E-state index contributed by atoms with van der Waals surface area (Å²) in [6, 6.07) is 0. The smallest absolute Gasteiger partial charge is 0.0690 e. The molecule has 0 aliphatic carbocycles. The van der Waals surface area contributed by atoms with Crippen molar-refractivity contribution in [2.75, 3.05) is 6.61 Å². The largest absolute Gasteiger partial charge is 0.392 e. The molecule has 60 valence electrons. The molecule has 0 radical (unpaired) electrons. The summed E-state index contributed by atoms with van der Waals surface area (Å²) in [4.78, 5) is 0. The molecule has 1 atom stereocenters. The van der Waals surface area contributed by atoms with E-state index in [4.69, 9.17) is 10.2 Å². The van der Waals surface area contributed by atoms with Crippen LogP contribution in [-0.4, -0.2) is 22.9 Å². The van der Waals surface area contributed by atoms with Gasteiger partial charge in [-0.2, -0.15) is 0 Å². The standard InChI is InChI=1S/2C4H8O/c1-3-4(2)5;1-2-3-4-5/h3-5H,1H2,2H3;2-3,5H,4H2,1H3/b;3-2+. The normalized spacial score (nSPS) is 12.0. The summed E-state index contributed by atoms with van der Waals surface area (Å²) in [5, 5.41) is 16.2. The topological polar surface area (TPSA) is 40.5 Å². The second kappa shape index (κ2) is 11.2. The van der Waals surface area contributed by atoms with Gasteiger partial charge in [0.2, 0.25) is 0 Å². The zero-order chi connectivity index (χ0) is 8.41. The van der Waals surface area contributed by atoms with E-state index < -0.39 is 0 Å². The van der Waals surface area contributed by atoms with Crippen molar-refractivity contribution in [2.24, 2.45) is 0 Å². The molecule has 0 heterocycles. The van der Waals surface area contributed by atoms with Crippen molar-refractivity contribution in [3.63, 3.8) is 0 Å². The summed E-state index contributed by atoms with van der Waals surface area (Å²) >= 11 is 0. The quantitative estimate of drug-likeness (QED) is 0.570. The van der Waals surface area contributed by atoms with Gasteiger partial charge in [0.15, 0.2) is 0 Å². The monoisotopic (exact) mass is 144 g/mol. The molecule has 0 bridgehead atoms. The van der Waals surface area contributed by atoms with Gasteiger partial charge in [0.05, 0.1) is 12.7 Å². The first-order valence-electron chi connectivity index (χ1n) is 3.21. The van der Waals surface area contributed by atoms with Crippen LogP contribution in [0.1, 0.15) is 13.8 Å². The number of rotatable bonds is 2. The van der Waals surface area contributed by atoms with Gasteiger partial charge < -0.3 is 10.2 Å². The van der Waals surface area contributed by atoms with E-state index in [1.165, 1.54) is 6.08 Å². The van der Waals surface area contributed by atoms with Crippen molar-refractivity contribution in [3.05, 3.63) is 24.8 Å². The Kier molecular flexibility index (Phi) is 13.6. The highest BCUT2D eigenvalue weighted by Gasteiger charge is 1.75. The molecule has 0 rings (SSSR count). The average Bonchev–Trinajstić information content (AvgIpc) is 1.91. The van der Waals surface area contributed by atoms with E-state index in [0.717, 1.165) is 0 Å². The van der Waals surface area contributed by atoms with E-state index in [0.29, 0.717) is 0 Å². The summed E-state index contributed by atoms with van der Waals surface area (Å²) in [6.07, 6.45) is 4.61. The lowest BCUT2D eigenvalue weighted by molar-refractivity contribution is 0.244. The minimum absolute atomic E-state index is 0.163. The van der Waals surface area contributed by atoms with Gasteiger partial charge in [-0.25, -0.2) is 0 Å². The maximum atomic E-state index is 8.24. The molecule has 0 amide bonds. The lowest BCUT2D eigenvalue weighted by Crippen LogP contribution is -1.88. The number of aliphatic hydroxyl groups is 2. The van der Waals surface area contributed by atoms with Crippen LogP contribution in [0.15, 0.2) is 24.8 Å². The van der Waals surface area contributed by atoms with Crippen LogP contribution in [0, 0.1) is 0 Å². The average molecular weight is 144 g/mol. The number of hydrogen-bond donors (Lipinski definition) is 2. The van der Waals surface area contributed by atoms with Gasteiger partial charge in [-0.1, -0.05) is 18.2 Å². The summed E-state index contributed by atoms with van der Waals surface area (Å²) in [6.45, 7) is 7.00. The van der Waals surface area contributed by atoms with Crippen molar-refractivity contribution < 1.29 is 10.2 Å². The van der Waals surface area contributed by atoms with E-state index in [9.17, 15) is 0 Å². The van der Waals surface area contributed by atoms with Gasteiger partial charge in [0, 0.05) is 0 Å². The van der Waals surface area contributed by atoms with Crippen molar-refractivity contribution in [2.45, 2.75) is 20.0 Å². The first-order chi connectivity index (χ1) is 4.68. The third-order valence-corrected chi connectivity index (χ3v) is 0.682. The lowest BCUT2D eigenvalue weighted by atomic mass is 10.4. The van der Waals surface area contributed by atoms with E-state index in [2.05, 4.69) is 6.58 Å². The molecule has 10 heavy (non-hydrogen) atoms. The molecule has 0 aromatic heterocycles. The fourth-order valence-electron chi connectivity index (χ4n) is 0.105. The second-order valence-corrected chi connectivity index (χ2v) is 1.73. The minimum atomic E-state index is -0.352. The zero-order valence-corrected chi connectivity index (χ0v) is 6.62. The van der Waals surface area contributed by atoms with Crippen LogP contribution in [0.2, 0.25) is 0 Å². The molecule has 2 N–H and O–H groups in total. The van der Waals surface area contributed by atoms with Crippen LogP contribution in [0.25, 0.3) is 0 Å². The number of aliphatic hydroxyl groups excluding tert-OH is 2. The van der Waals surface area contributed by atoms with E-state index >= 15 is 0 Å². The van der Waals surface area contributed by atoms with Gasteiger partial charge in [0.25, 0.3) is 0 Å². The number of allylic oxidation sites excluding steroid dienone is 1. The van der Waals surface area contributed by atoms with Crippen LogP contribution in [0.3, 0.4) is 0 Å². The molecule has 0 aromatic carbocycles. The Labute approximate surface area is 62.5 Å². The van der Waals surface area contributed by atoms with Gasteiger partial charge >= 0.3 is 0 Å². The Bertz CT molecular complexity index is 85.3. The zero-order valence-electron chi connectivity index (χ0n) is 6.62. The molecule has 0 saturated heterocycles. The molecule has 0 fully saturated rings. The molecule has 0 aliphatic rings. The predicted molar refractivity (Wildman–Crippen MR) is 43.8 cm³/mol. The Hall–Kier alpha value is -0.600. The minimum Gasteiger partial charge on any atom is -0.392 e. The van der Waals surface area contributed by atoms with E-state index in [-0.39, 0.29) is 12.7 Å². The highest BCUT2D eigenvalue weighted by Crippen LogP contribution is 1.73. The van der Waals surface area contributed by atoms with Gasteiger partial charge in [-0.05, 0) is 13.8 Å². The summed E-state index contributed by atoms with van der Waals surface area (Å²) in [7, 11) is 0. The molecule has 0 aromatic rings. The van der Waals surface area contributed by atoms with Crippen LogP contribution in [-0.2, 0) is 0 Å². The summed E-state index contributed by atoms with van der Waals surface area (Å²) in [5.74, 6) is 0. The molecule has 2 heteroatoms. The lowest BCUT2D eigenvalue weighted by Gasteiger charge is -1.84. The van der Waals surface area contributed by atoms with E-state index in [1.807, 2.05) is 6.92 Å². The summed E-state index contributed by atoms with van der Waals surface area (Å²) in [5.41, 5.74) is 0. The molecule has 0 spiro atoms. The number of hydrogen-bond acceptors (Lipinski definition) is 2. The van der Waals surface area contributed by atoms with Crippen LogP contribution in [0.5, 0.6) is 0 Å². The van der Waals surface area contributed by atoms with Gasteiger partial charge in [0.1, 0.15) is 0 Å². The molecular weight excluding hydrogens is 128 g/mol. The maximum absolute atomic E-state index is 8.24. The Morgan fingerprint density at radius 1 is 1.60 bits per heavy atom. The molecular formula is C8H16O2. The van der Waals surface area contributed by atoms with Crippen molar-refractivity contribution in [1.82, 2.24) is 0 Å². The first-order valence-corrected chi connectivity index (χ1v) is 3.21. The second-order valence-electron chi connectivity index (χ2n) is 1.73. The van der Waals surface area contributed by atoms with Gasteiger partial charge in [-0.3, -0.25) is 0 Å². The van der Waals surface area contributed by atoms with Gasteiger partial charge in [-0.15, -0.1) is 6.58 Å². The molecule has 0 saturated carbocycles. The molecule has 2 nitrogen and oxygen atoms in total.